The smallest absolute Gasteiger partial charge is 0.384 e. The van der Waals surface area contributed by atoms with E-state index in [1.165, 1.54) is 14.0 Å². The van der Waals surface area contributed by atoms with Crippen molar-refractivity contribution in [1.29, 1.82) is 0 Å². The van der Waals surface area contributed by atoms with E-state index in [2.05, 4.69) is 83.4 Å². The quantitative estimate of drug-likeness (QED) is 0.0489. The number of alkyl halides is 1. The molecule has 1 aliphatic heterocycles. The van der Waals surface area contributed by atoms with Gasteiger partial charge >= 0.3 is 13.4 Å². The van der Waals surface area contributed by atoms with Crippen LogP contribution in [0.3, 0.4) is 0 Å². The minimum absolute atomic E-state index is 0.0510. The molecule has 2 rings (SSSR count). The number of carbonyl (C=O) groups is 1. The molecule has 1 aromatic rings. The number of rotatable bonds is 26. The first-order valence-electron chi connectivity index (χ1n) is 17.8. The number of ether oxygens (including phenoxy) is 1. The van der Waals surface area contributed by atoms with Gasteiger partial charge in [-0.1, -0.05) is 79.8 Å². The van der Waals surface area contributed by atoms with Crippen molar-refractivity contribution in [3.8, 4) is 0 Å². The minimum Gasteiger partial charge on any atom is -0.384 e. The molecule has 5 N–H and O–H groups in total. The van der Waals surface area contributed by atoms with Gasteiger partial charge in [0.1, 0.15) is 11.7 Å². The lowest BCUT2D eigenvalue weighted by Crippen LogP contribution is -2.45. The van der Waals surface area contributed by atoms with Crippen LogP contribution >= 0.6 is 7.75 Å². The summed E-state index contributed by atoms with van der Waals surface area (Å²) < 4.78 is 44.8. The summed E-state index contributed by atoms with van der Waals surface area (Å²) in [6, 6.07) is 1.02. The molecular formula is C37H57FN5O8P. The molecule has 1 aromatic heterocycles. The first-order chi connectivity index (χ1) is 25.0. The van der Waals surface area contributed by atoms with Gasteiger partial charge in [-0.2, -0.15) is 0 Å². The lowest BCUT2D eigenvalue weighted by Gasteiger charge is -2.26. The Morgan fingerprint density at radius 2 is 1.52 bits per heavy atom. The number of aromatic amines is 1. The maximum atomic E-state index is 15.1. The van der Waals surface area contributed by atoms with Crippen LogP contribution in [-0.2, 0) is 23.1 Å². The normalized spacial score (nSPS) is 22.3. The fourth-order valence-electron chi connectivity index (χ4n) is 4.85. The van der Waals surface area contributed by atoms with E-state index in [-0.39, 0.29) is 12.5 Å². The number of amides is 1. The molecule has 0 radical (unpaired) electrons. The second kappa shape index (κ2) is 25.5. The van der Waals surface area contributed by atoms with Crippen LogP contribution in [0.1, 0.15) is 71.4 Å². The van der Waals surface area contributed by atoms with E-state index in [4.69, 9.17) is 13.8 Å². The number of allylic oxidation sites excluding steroid dienone is 12. The number of hydrogen-bond acceptors (Lipinski definition) is 9. The summed E-state index contributed by atoms with van der Waals surface area (Å²) in [5, 5.41) is 19.3. The van der Waals surface area contributed by atoms with Crippen molar-refractivity contribution >= 4 is 13.7 Å². The predicted octanol–water partition coefficient (Wildman–Crippen LogP) is 5.07. The highest BCUT2D eigenvalue weighted by atomic mass is 31.2. The number of H-pyrrole nitrogens is 1. The minimum atomic E-state index is -3.85. The summed E-state index contributed by atoms with van der Waals surface area (Å²) in [5.74, 6) is -0.0510. The van der Waals surface area contributed by atoms with Crippen LogP contribution in [0.25, 0.3) is 0 Å². The molecule has 1 saturated heterocycles. The SMILES string of the molecule is CCC=CCC=CCC=CCC=CCC=CCC=CCCC(=O)NCCNCCNP(=O)(OC)OCC1OC(n2ccc(=O)[nH]c2=O)C(F)C1(C)O. The Labute approximate surface area is 306 Å². The summed E-state index contributed by atoms with van der Waals surface area (Å²) in [5.41, 5.74) is -3.67. The van der Waals surface area contributed by atoms with Gasteiger partial charge in [-0.05, 0) is 51.9 Å². The van der Waals surface area contributed by atoms with Crippen LogP contribution in [0.4, 0.5) is 4.39 Å². The van der Waals surface area contributed by atoms with E-state index in [0.29, 0.717) is 32.5 Å². The van der Waals surface area contributed by atoms with Gasteiger partial charge in [-0.15, -0.1) is 0 Å². The fourth-order valence-corrected chi connectivity index (χ4v) is 5.89. The number of nitrogens with one attached hydrogen (secondary N) is 4. The number of carbonyl (C=O) groups excluding carboxylic acids is 1. The molecule has 13 nitrogen and oxygen atoms in total. The van der Waals surface area contributed by atoms with Crippen molar-refractivity contribution in [2.24, 2.45) is 0 Å². The monoisotopic (exact) mass is 749 g/mol. The number of nitrogens with zero attached hydrogens (tertiary/aromatic N) is 1. The maximum absolute atomic E-state index is 15.1. The van der Waals surface area contributed by atoms with Gasteiger partial charge < -0.3 is 25.0 Å². The standard InChI is InChI=1S/C37H57FN5O8P/c1-4-5-6-7-8-9-10-11-12-13-14-15-16-17-18-19-20-21-22-23-32(44)40-27-25-39-26-28-41-52(48,49-3)50-30-31-37(2,47)34(38)35(51-31)43-29-24-33(45)42-36(43)46/h5-6,8-9,11-12,14-15,17-18,20-21,24,29,31,34-35,39,47H,4,7,10,13,16,19,22-23,25-28,30H2,1-3H3,(H,40,44)(H,41,48)(H,42,45,46). The van der Waals surface area contributed by atoms with E-state index in [0.717, 1.165) is 55.4 Å². The van der Waals surface area contributed by atoms with E-state index in [1.807, 2.05) is 17.1 Å². The van der Waals surface area contributed by atoms with Crippen molar-refractivity contribution in [3.63, 3.8) is 0 Å². The summed E-state index contributed by atoms with van der Waals surface area (Å²) in [7, 11) is -2.68. The van der Waals surface area contributed by atoms with E-state index < -0.39 is 49.7 Å². The summed E-state index contributed by atoms with van der Waals surface area (Å²) in [6.45, 7) is 4.22. The lowest BCUT2D eigenvalue weighted by atomic mass is 9.96. The maximum Gasteiger partial charge on any atom is 0.405 e. The zero-order chi connectivity index (χ0) is 38.1. The summed E-state index contributed by atoms with van der Waals surface area (Å²) >= 11 is 0. The fraction of sp³-hybridized carbons (Fsp3) is 0.541. The van der Waals surface area contributed by atoms with Crippen molar-refractivity contribution in [3.05, 3.63) is 106 Å². The Morgan fingerprint density at radius 1 is 0.962 bits per heavy atom. The molecule has 0 saturated carbocycles. The van der Waals surface area contributed by atoms with Gasteiger partial charge in [0.15, 0.2) is 12.4 Å². The molecule has 1 amide bonds. The molecule has 15 heteroatoms. The zero-order valence-electron chi connectivity index (χ0n) is 30.6. The van der Waals surface area contributed by atoms with Crippen molar-refractivity contribution in [2.45, 2.75) is 89.3 Å². The first kappa shape index (κ1) is 44.7. The molecule has 5 unspecified atom stereocenters. The van der Waals surface area contributed by atoms with Crippen LogP contribution in [0.15, 0.2) is 94.8 Å². The molecule has 1 aliphatic rings. The number of aromatic nitrogens is 2. The molecule has 0 spiro atoms. The molecule has 1 fully saturated rings. The molecular weight excluding hydrogens is 692 g/mol. The number of aliphatic hydroxyl groups is 1. The van der Waals surface area contributed by atoms with Crippen LogP contribution in [-0.4, -0.2) is 78.3 Å². The molecule has 2 heterocycles. The average Bonchev–Trinajstić information content (AvgIpc) is 3.34. The second-order valence-corrected chi connectivity index (χ2v) is 14.0. The Morgan fingerprint density at radius 3 is 2.08 bits per heavy atom. The van der Waals surface area contributed by atoms with E-state index in [1.54, 1.807) is 0 Å². The van der Waals surface area contributed by atoms with Gasteiger partial charge in [-0.3, -0.25) is 23.7 Å². The molecule has 0 aliphatic carbocycles. The van der Waals surface area contributed by atoms with Crippen LogP contribution in [0.2, 0.25) is 0 Å². The zero-order valence-corrected chi connectivity index (χ0v) is 31.5. The highest BCUT2D eigenvalue weighted by Crippen LogP contribution is 2.45. The Bertz CT molecular complexity index is 1530. The average molecular weight is 750 g/mol. The Hall–Kier alpha value is -3.49. The third-order valence-corrected chi connectivity index (χ3v) is 9.47. The lowest BCUT2D eigenvalue weighted by molar-refractivity contribution is -0.120. The van der Waals surface area contributed by atoms with Crippen molar-refractivity contribution in [1.82, 2.24) is 25.3 Å². The van der Waals surface area contributed by atoms with Gasteiger partial charge in [0.05, 0.1) is 6.61 Å². The van der Waals surface area contributed by atoms with Crippen molar-refractivity contribution < 1.29 is 32.6 Å². The van der Waals surface area contributed by atoms with E-state index >= 15 is 4.39 Å². The molecule has 5 atom stereocenters. The van der Waals surface area contributed by atoms with Gasteiger partial charge in [0, 0.05) is 52.0 Å². The topological polar surface area (TPSA) is 173 Å². The summed E-state index contributed by atoms with van der Waals surface area (Å²) in [4.78, 5) is 37.5. The number of halogens is 1. The largest absolute Gasteiger partial charge is 0.405 e. The first-order valence-corrected chi connectivity index (χ1v) is 19.3. The Kier molecular flexibility index (Phi) is 21.9. The van der Waals surface area contributed by atoms with Gasteiger partial charge in [0.25, 0.3) is 5.56 Å². The highest BCUT2D eigenvalue weighted by Gasteiger charge is 2.55. The van der Waals surface area contributed by atoms with Gasteiger partial charge in [0.2, 0.25) is 5.91 Å². The molecule has 0 aromatic carbocycles. The van der Waals surface area contributed by atoms with E-state index in [9.17, 15) is 24.1 Å². The molecule has 290 valence electrons. The number of hydrogen-bond donors (Lipinski definition) is 5. The molecule has 52 heavy (non-hydrogen) atoms. The third-order valence-electron chi connectivity index (χ3n) is 7.89. The molecule has 0 bridgehead atoms. The predicted molar refractivity (Wildman–Crippen MR) is 203 cm³/mol. The van der Waals surface area contributed by atoms with Crippen LogP contribution in [0, 0.1) is 0 Å². The van der Waals surface area contributed by atoms with Crippen LogP contribution in [0.5, 0.6) is 0 Å². The highest BCUT2D eigenvalue weighted by molar-refractivity contribution is 7.51. The second-order valence-electron chi connectivity index (χ2n) is 12.1. The van der Waals surface area contributed by atoms with Gasteiger partial charge in [-0.25, -0.2) is 18.8 Å². The van der Waals surface area contributed by atoms with Crippen molar-refractivity contribution in [2.75, 3.05) is 39.9 Å². The van der Waals surface area contributed by atoms with Crippen LogP contribution < -0.4 is 27.0 Å². The Balaban J connectivity index is 1.52. The summed E-state index contributed by atoms with van der Waals surface area (Å²) in [6.07, 6.45) is 28.6. The third kappa shape index (κ3) is 17.4.